The molecule has 11 heteroatoms. The smallest absolute Gasteiger partial charge is 0.264 e. The number of carbonyl (C=O) groups excluding carboxylic acids is 1. The van der Waals surface area contributed by atoms with Crippen LogP contribution >= 0.6 is 0 Å². The number of carbonyl (C=O) groups is 1. The molecule has 240 valence electrons. The minimum atomic E-state index is -2.61. The number of nitrogens with zero attached hydrogens (tertiary/aromatic N) is 7. The zero-order chi connectivity index (χ0) is 30.8. The summed E-state index contributed by atoms with van der Waals surface area (Å²) >= 11 is 0. The van der Waals surface area contributed by atoms with Crippen LogP contribution in [0.5, 0.6) is 0 Å². The van der Waals surface area contributed by atoms with E-state index in [1.807, 2.05) is 11.0 Å². The molecular weight excluding hydrogens is 574 g/mol. The molecule has 9 rings (SSSR count). The molecular formula is C34H44F2N8O. The average molecular weight is 619 g/mol. The lowest BCUT2D eigenvalue weighted by Gasteiger charge is -2.54. The summed E-state index contributed by atoms with van der Waals surface area (Å²) in [6.07, 6.45) is 7.14. The van der Waals surface area contributed by atoms with E-state index in [4.69, 9.17) is 5.10 Å². The maximum absolute atomic E-state index is 14.6. The van der Waals surface area contributed by atoms with Gasteiger partial charge in [-0.15, -0.1) is 0 Å². The Morgan fingerprint density at radius 2 is 1.91 bits per heavy atom. The van der Waals surface area contributed by atoms with E-state index in [-0.39, 0.29) is 11.5 Å². The summed E-state index contributed by atoms with van der Waals surface area (Å²) < 4.78 is 33.2. The highest BCUT2D eigenvalue weighted by atomic mass is 19.3. The highest BCUT2D eigenvalue weighted by Gasteiger charge is 2.50. The standard InChI is InChI=1S/C34H44F2N8O/c1-21(45)42-11-7-30-29(20-42)34(39-44(30)32-24-12-25(32)19-41(18-24)16-22-5-8-37-9-6-22)43-10-3-4-23-13-27(26-15-38-40(2)17-26)28(33(35)36)14-31(23)43/h13-15,17,22,24-25,32-33,37H,3-12,16,18-20H2,1-2H3. The Morgan fingerprint density at radius 1 is 1.11 bits per heavy atom. The summed E-state index contributed by atoms with van der Waals surface area (Å²) in [5.74, 6) is 2.86. The van der Waals surface area contributed by atoms with Crippen molar-refractivity contribution in [3.63, 3.8) is 0 Å². The van der Waals surface area contributed by atoms with Crippen molar-refractivity contribution in [3.05, 3.63) is 46.9 Å². The van der Waals surface area contributed by atoms with E-state index in [1.54, 1.807) is 37.1 Å². The van der Waals surface area contributed by atoms with Gasteiger partial charge in [0.2, 0.25) is 5.91 Å². The van der Waals surface area contributed by atoms with Crippen molar-refractivity contribution in [2.24, 2.45) is 24.8 Å². The van der Waals surface area contributed by atoms with Crippen LogP contribution in [0.1, 0.15) is 67.5 Å². The second kappa shape index (κ2) is 11.5. The van der Waals surface area contributed by atoms with Gasteiger partial charge in [0.1, 0.15) is 0 Å². The molecule has 5 aliphatic heterocycles. The summed E-state index contributed by atoms with van der Waals surface area (Å²) in [6, 6.07) is 4.00. The van der Waals surface area contributed by atoms with Crippen molar-refractivity contribution in [3.8, 4) is 11.1 Å². The van der Waals surface area contributed by atoms with Gasteiger partial charge in [-0.25, -0.2) is 8.78 Å². The predicted molar refractivity (Wildman–Crippen MR) is 169 cm³/mol. The van der Waals surface area contributed by atoms with Crippen LogP contribution < -0.4 is 10.2 Å². The van der Waals surface area contributed by atoms with Crippen LogP contribution in [0.25, 0.3) is 11.1 Å². The average Bonchev–Trinajstić information content (AvgIpc) is 3.63. The van der Waals surface area contributed by atoms with Gasteiger partial charge in [-0.3, -0.25) is 14.2 Å². The topological polar surface area (TPSA) is 74.5 Å². The maximum atomic E-state index is 14.6. The van der Waals surface area contributed by atoms with E-state index < -0.39 is 6.43 Å². The molecule has 1 aliphatic carbocycles. The fourth-order valence-electron chi connectivity index (χ4n) is 8.96. The number of halogens is 2. The first-order valence-corrected chi connectivity index (χ1v) is 16.8. The molecule has 1 amide bonds. The van der Waals surface area contributed by atoms with Crippen molar-refractivity contribution < 1.29 is 13.6 Å². The Morgan fingerprint density at radius 3 is 2.62 bits per heavy atom. The number of fused-ring (bicyclic) bond motifs is 4. The molecule has 2 atom stereocenters. The molecule has 0 radical (unpaired) electrons. The molecule has 1 aromatic carbocycles. The van der Waals surface area contributed by atoms with Crippen LogP contribution in [0.3, 0.4) is 0 Å². The highest BCUT2D eigenvalue weighted by molar-refractivity contribution is 5.78. The van der Waals surface area contributed by atoms with E-state index in [2.05, 4.69) is 24.9 Å². The van der Waals surface area contributed by atoms with Crippen molar-refractivity contribution in [2.75, 3.05) is 50.7 Å². The molecule has 0 spiro atoms. The van der Waals surface area contributed by atoms with Gasteiger partial charge in [-0.1, -0.05) is 0 Å². The Bertz CT molecular complexity index is 1580. The lowest BCUT2D eigenvalue weighted by Crippen LogP contribution is -2.57. The molecule has 2 aromatic heterocycles. The Hall–Kier alpha value is -3.31. The summed E-state index contributed by atoms with van der Waals surface area (Å²) in [5.41, 5.74) is 5.48. The van der Waals surface area contributed by atoms with Gasteiger partial charge in [-0.05, 0) is 86.2 Å². The van der Waals surface area contributed by atoms with Gasteiger partial charge >= 0.3 is 0 Å². The number of nitrogens with one attached hydrogen (secondary N) is 1. The normalized spacial score (nSPS) is 25.3. The van der Waals surface area contributed by atoms with Crippen molar-refractivity contribution in [2.45, 2.75) is 64.5 Å². The predicted octanol–water partition coefficient (Wildman–Crippen LogP) is 4.70. The zero-order valence-corrected chi connectivity index (χ0v) is 26.4. The monoisotopic (exact) mass is 618 g/mol. The van der Waals surface area contributed by atoms with Gasteiger partial charge in [0.05, 0.1) is 18.8 Å². The first-order chi connectivity index (χ1) is 21.8. The fourth-order valence-corrected chi connectivity index (χ4v) is 8.96. The number of aryl methyl sites for hydroxylation is 2. The Kier molecular flexibility index (Phi) is 7.43. The number of amides is 1. The quantitative estimate of drug-likeness (QED) is 0.432. The third-order valence-corrected chi connectivity index (χ3v) is 11.2. The van der Waals surface area contributed by atoms with E-state index >= 15 is 0 Å². The maximum Gasteiger partial charge on any atom is 0.264 e. The molecule has 9 nitrogen and oxygen atoms in total. The third-order valence-electron chi connectivity index (χ3n) is 11.2. The molecule has 6 aliphatic rings. The van der Waals surface area contributed by atoms with Gasteiger partial charge in [0.15, 0.2) is 5.82 Å². The molecule has 1 N–H and O–H groups in total. The van der Waals surface area contributed by atoms with Gasteiger partial charge in [-0.2, -0.15) is 10.2 Å². The van der Waals surface area contributed by atoms with Crippen LogP contribution in [-0.4, -0.2) is 81.1 Å². The minimum absolute atomic E-state index is 0.0228. The van der Waals surface area contributed by atoms with E-state index in [9.17, 15) is 13.6 Å². The summed E-state index contributed by atoms with van der Waals surface area (Å²) in [5, 5.41) is 13.1. The van der Waals surface area contributed by atoms with Crippen LogP contribution in [0.2, 0.25) is 0 Å². The third kappa shape index (κ3) is 5.16. The van der Waals surface area contributed by atoms with Gasteiger partial charge in [0.25, 0.3) is 6.43 Å². The molecule has 3 saturated heterocycles. The van der Waals surface area contributed by atoms with Crippen LogP contribution in [0.15, 0.2) is 24.5 Å². The van der Waals surface area contributed by atoms with Crippen molar-refractivity contribution >= 4 is 17.4 Å². The first kappa shape index (κ1) is 29.1. The second-order valence-corrected chi connectivity index (χ2v) is 14.1. The summed E-state index contributed by atoms with van der Waals surface area (Å²) in [4.78, 5) is 19.3. The number of rotatable bonds is 6. The second-order valence-electron chi connectivity index (χ2n) is 14.1. The van der Waals surface area contributed by atoms with E-state index in [0.29, 0.717) is 48.6 Å². The molecule has 1 saturated carbocycles. The zero-order valence-electron chi connectivity index (χ0n) is 26.4. The van der Waals surface area contributed by atoms with Gasteiger partial charge in [0, 0.05) is 87.4 Å². The molecule has 7 heterocycles. The van der Waals surface area contributed by atoms with Gasteiger partial charge < -0.3 is 20.0 Å². The minimum Gasteiger partial charge on any atom is -0.338 e. The molecule has 2 bridgehead atoms. The number of piperidine rings is 3. The van der Waals surface area contributed by atoms with Crippen molar-refractivity contribution in [1.29, 1.82) is 0 Å². The van der Waals surface area contributed by atoms with Crippen LogP contribution in [0.4, 0.5) is 20.3 Å². The lowest BCUT2D eigenvalue weighted by atomic mass is 9.66. The molecule has 2 unspecified atom stereocenters. The largest absolute Gasteiger partial charge is 0.338 e. The van der Waals surface area contributed by atoms with Crippen LogP contribution in [0, 0.1) is 17.8 Å². The van der Waals surface area contributed by atoms with Crippen molar-refractivity contribution in [1.82, 2.24) is 34.7 Å². The van der Waals surface area contributed by atoms with Crippen LogP contribution in [-0.2, 0) is 31.2 Å². The number of hydrogen-bond donors (Lipinski definition) is 1. The summed E-state index contributed by atoms with van der Waals surface area (Å²) in [7, 11) is 1.80. The summed E-state index contributed by atoms with van der Waals surface area (Å²) in [6.45, 7) is 9.28. The number of alkyl halides is 2. The fraction of sp³-hybridized carbons (Fsp3) is 0.618. The lowest BCUT2D eigenvalue weighted by molar-refractivity contribution is -0.129. The molecule has 3 aromatic rings. The Balaban J connectivity index is 1.14. The van der Waals surface area contributed by atoms with E-state index in [1.165, 1.54) is 31.5 Å². The number of hydrogen-bond acceptors (Lipinski definition) is 6. The highest BCUT2D eigenvalue weighted by Crippen LogP contribution is 2.51. The molecule has 45 heavy (non-hydrogen) atoms. The first-order valence-electron chi connectivity index (χ1n) is 16.8. The number of anilines is 2. The SMILES string of the molecule is CC(=O)N1CCc2c(c(N3CCCc4cc(-c5cnn(C)c5)c(C(F)F)cc43)nn2C2C3CC2CN(CC2CCNCC2)C3)C1. The number of aromatic nitrogens is 4. The molecule has 4 fully saturated rings. The Labute approximate surface area is 263 Å². The van der Waals surface area contributed by atoms with E-state index in [0.717, 1.165) is 74.0 Å². The number of benzene rings is 1.